The Hall–Kier alpha value is -3.84. The van der Waals surface area contributed by atoms with E-state index in [1.807, 2.05) is 6.92 Å². The van der Waals surface area contributed by atoms with Gasteiger partial charge in [-0.1, -0.05) is 21.9 Å². The average Bonchev–Trinajstić information content (AvgIpc) is 3.33. The summed E-state index contributed by atoms with van der Waals surface area (Å²) < 4.78 is 1.71. The van der Waals surface area contributed by atoms with Crippen LogP contribution in [-0.2, 0) is 30.6 Å². The van der Waals surface area contributed by atoms with Crippen molar-refractivity contribution in [3.05, 3.63) is 17.1 Å². The van der Waals surface area contributed by atoms with Crippen LogP contribution in [0.3, 0.4) is 0 Å². The molecule has 2 aromatic rings. The van der Waals surface area contributed by atoms with Crippen LogP contribution in [0, 0.1) is 5.41 Å². The topological polar surface area (TPSA) is 253 Å². The van der Waals surface area contributed by atoms with E-state index in [2.05, 4.69) is 20.4 Å². The number of nitrogens with two attached hydrogens (primary N) is 3. The van der Waals surface area contributed by atoms with Gasteiger partial charge in [0, 0.05) is 23.4 Å². The lowest BCUT2D eigenvalue weighted by atomic mass is 9.89. The first-order valence-corrected chi connectivity index (χ1v) is 14.5. The summed E-state index contributed by atoms with van der Waals surface area (Å²) >= 11 is 3.45. The fourth-order valence-electron chi connectivity index (χ4n) is 4.04. The van der Waals surface area contributed by atoms with Gasteiger partial charge in [-0.05, 0) is 6.92 Å². The molecule has 0 aromatic carbocycles. The van der Waals surface area contributed by atoms with Crippen molar-refractivity contribution < 1.29 is 38.8 Å². The molecule has 40 heavy (non-hydrogen) atoms. The maximum absolute atomic E-state index is 13.0. The van der Waals surface area contributed by atoms with E-state index in [4.69, 9.17) is 27.1 Å². The average molecular weight is 613 g/mol. The summed E-state index contributed by atoms with van der Waals surface area (Å²) in [6.07, 6.45) is 0. The summed E-state index contributed by atoms with van der Waals surface area (Å²) in [5.74, 6) is -2.81. The van der Waals surface area contributed by atoms with Gasteiger partial charge < -0.3 is 42.5 Å². The monoisotopic (exact) mass is 612 g/mol. The maximum Gasteiger partial charge on any atom is 0.344 e. The summed E-state index contributed by atoms with van der Waals surface area (Å²) in [4.78, 5) is 63.6. The zero-order chi connectivity index (χ0) is 29.2. The fourth-order valence-corrected chi connectivity index (χ4v) is 7.54. The van der Waals surface area contributed by atoms with Gasteiger partial charge in [-0.3, -0.25) is 14.4 Å². The van der Waals surface area contributed by atoms with E-state index < -0.39 is 47.2 Å². The lowest BCUT2D eigenvalue weighted by Gasteiger charge is -2.53. The molecule has 9 N–H and O–H groups in total. The molecule has 16 nitrogen and oxygen atoms in total. The number of oxime groups is 1. The second-order valence-electron chi connectivity index (χ2n) is 8.80. The van der Waals surface area contributed by atoms with Crippen LogP contribution < -0.4 is 27.1 Å². The molecule has 2 saturated heterocycles. The number of carbonyl (C=O) groups excluding carboxylic acids is 2. The summed E-state index contributed by atoms with van der Waals surface area (Å²) in [7, 11) is 0. The lowest BCUT2D eigenvalue weighted by Crippen LogP contribution is -2.74. The molecule has 2 aliphatic heterocycles. The van der Waals surface area contributed by atoms with Gasteiger partial charge in [-0.25, -0.2) is 14.3 Å². The van der Waals surface area contributed by atoms with E-state index in [0.29, 0.717) is 17.5 Å². The Balaban J connectivity index is 1.46. The highest BCUT2D eigenvalue weighted by Crippen LogP contribution is 2.44. The number of hydrogen-bond donors (Lipinski definition) is 6. The number of aromatic nitrogens is 3. The lowest BCUT2D eigenvalue weighted by molar-refractivity contribution is -0.719. The molecule has 0 bridgehead atoms. The number of thioether (sulfide) groups is 2. The molecule has 2 fully saturated rings. The Labute approximate surface area is 239 Å². The number of anilines is 3. The van der Waals surface area contributed by atoms with E-state index in [-0.39, 0.29) is 40.4 Å². The summed E-state index contributed by atoms with van der Waals surface area (Å²) in [5, 5.41) is 26.6. The van der Waals surface area contributed by atoms with Gasteiger partial charge in [0.1, 0.15) is 22.5 Å². The molecule has 4 rings (SSSR count). The van der Waals surface area contributed by atoms with Gasteiger partial charge >= 0.3 is 17.1 Å². The van der Waals surface area contributed by atoms with Crippen LogP contribution in [0.15, 0.2) is 21.8 Å². The number of fused-ring (bicyclic) bond motifs is 1. The number of aliphatic carboxylic acids is 2. The Morgan fingerprint density at radius 1 is 1.32 bits per heavy atom. The number of amides is 2. The third-order valence-electron chi connectivity index (χ3n) is 6.07. The third kappa shape index (κ3) is 5.85. The predicted molar refractivity (Wildman–Crippen MR) is 146 cm³/mol. The first-order valence-electron chi connectivity index (χ1n) is 11.6. The van der Waals surface area contributed by atoms with E-state index in [0.717, 1.165) is 11.3 Å². The number of nitrogen functional groups attached to an aromatic ring is 3. The van der Waals surface area contributed by atoms with Crippen molar-refractivity contribution in [3.8, 4) is 0 Å². The number of nitrogens with one attached hydrogen (secondary N) is 1. The van der Waals surface area contributed by atoms with Crippen LogP contribution in [0.4, 0.5) is 16.8 Å². The Bertz CT molecular complexity index is 1390. The second kappa shape index (κ2) is 11.7. The number of carbonyl (C=O) groups is 4. The van der Waals surface area contributed by atoms with Crippen molar-refractivity contribution in [2.75, 3.05) is 41.9 Å². The molecule has 2 aliphatic rings. The molecule has 0 saturated carbocycles. The standard InChI is InChI=1S/C21H25N9O7S3/c1-2-29-11(23)3-10(22)26-20(29)40-8-21(18(35)36)6-30-16(34)14(17(30)39-7-21)27-15(33)13(28-37-4-12(31)32)9-5-38-19(24)25-9/h3,5,14,17H,2,4,6-8H2,1H3,(H8,22,23,24,25,27,31,32,33,35,36)/p+1/t14?,17-,21?/m1/s1. The number of thiazole rings is 1. The van der Waals surface area contributed by atoms with Gasteiger partial charge in [0.25, 0.3) is 5.91 Å². The highest BCUT2D eigenvalue weighted by Gasteiger charge is 2.57. The molecule has 19 heteroatoms. The zero-order valence-electron chi connectivity index (χ0n) is 21.0. The first-order chi connectivity index (χ1) is 19.0. The predicted octanol–water partition coefficient (Wildman–Crippen LogP) is -1.34. The number of carboxylic acid groups (broad SMARTS) is 2. The van der Waals surface area contributed by atoms with E-state index in [1.165, 1.54) is 39.9 Å². The zero-order valence-corrected chi connectivity index (χ0v) is 23.4. The van der Waals surface area contributed by atoms with Gasteiger partial charge in [0.2, 0.25) is 24.1 Å². The molecule has 2 amide bonds. The fraction of sp³-hybridized carbons (Fsp3) is 0.429. The van der Waals surface area contributed by atoms with Crippen molar-refractivity contribution in [2.45, 2.75) is 30.0 Å². The van der Waals surface area contributed by atoms with Crippen LogP contribution in [0.1, 0.15) is 12.6 Å². The van der Waals surface area contributed by atoms with Crippen molar-refractivity contribution >= 4 is 81.1 Å². The van der Waals surface area contributed by atoms with Crippen molar-refractivity contribution in [2.24, 2.45) is 10.6 Å². The maximum atomic E-state index is 13.0. The third-order valence-corrected chi connectivity index (χ3v) is 9.59. The van der Waals surface area contributed by atoms with Gasteiger partial charge in [-0.2, -0.15) is 0 Å². The smallest absolute Gasteiger partial charge is 0.344 e. The molecular formula is C21H26N9O7S3+. The number of β-lactam (4-membered cyclic amide) rings is 1. The van der Waals surface area contributed by atoms with Crippen LogP contribution >= 0.6 is 34.9 Å². The van der Waals surface area contributed by atoms with Gasteiger partial charge in [0.05, 0.1) is 12.6 Å². The molecule has 0 radical (unpaired) electrons. The van der Waals surface area contributed by atoms with Crippen LogP contribution in [-0.4, -0.2) is 90.6 Å². The van der Waals surface area contributed by atoms with Gasteiger partial charge in [0.15, 0.2) is 10.8 Å². The highest BCUT2D eigenvalue weighted by molar-refractivity contribution is 8.00. The van der Waals surface area contributed by atoms with Crippen molar-refractivity contribution in [1.29, 1.82) is 0 Å². The molecule has 4 heterocycles. The summed E-state index contributed by atoms with van der Waals surface area (Å²) in [6.45, 7) is 1.51. The van der Waals surface area contributed by atoms with Crippen molar-refractivity contribution in [1.82, 2.24) is 20.2 Å². The summed E-state index contributed by atoms with van der Waals surface area (Å²) in [5.41, 5.74) is 15.9. The van der Waals surface area contributed by atoms with Gasteiger partial charge in [-0.15, -0.1) is 23.1 Å². The second-order valence-corrected chi connectivity index (χ2v) is 11.7. The number of nitrogens with zero attached hydrogens (tertiary/aromatic N) is 5. The first kappa shape index (κ1) is 29.2. The van der Waals surface area contributed by atoms with Crippen LogP contribution in [0.2, 0.25) is 0 Å². The Kier molecular flexibility index (Phi) is 8.54. The molecule has 0 aliphatic carbocycles. The SMILES string of the molecule is CC[n+]1c(N)cc(N)nc1SCC1(C(=O)O)CS[C@@H]2C(NC(=O)C(=NOCC(=O)O)c3csc(N)n3)C(=O)N2C1. The molecule has 0 spiro atoms. The molecular weight excluding hydrogens is 586 g/mol. The Morgan fingerprint density at radius 2 is 2.08 bits per heavy atom. The number of hydrogen-bond acceptors (Lipinski definition) is 14. The minimum atomic E-state index is -1.30. The summed E-state index contributed by atoms with van der Waals surface area (Å²) in [6, 6.07) is 0.558. The van der Waals surface area contributed by atoms with E-state index >= 15 is 0 Å². The van der Waals surface area contributed by atoms with E-state index in [9.17, 15) is 24.3 Å². The molecule has 214 valence electrons. The van der Waals surface area contributed by atoms with Crippen LogP contribution in [0.25, 0.3) is 0 Å². The molecule has 2 unspecified atom stereocenters. The quantitative estimate of drug-likeness (QED) is 0.0429. The minimum Gasteiger partial charge on any atom is -0.481 e. The highest BCUT2D eigenvalue weighted by atomic mass is 32.2. The number of rotatable bonds is 11. The van der Waals surface area contributed by atoms with E-state index in [1.54, 1.807) is 4.57 Å². The molecule has 3 atom stereocenters. The van der Waals surface area contributed by atoms with Crippen molar-refractivity contribution in [3.63, 3.8) is 0 Å². The minimum absolute atomic E-state index is 0.0485. The van der Waals surface area contributed by atoms with Crippen LogP contribution in [0.5, 0.6) is 0 Å². The Morgan fingerprint density at radius 3 is 2.70 bits per heavy atom. The largest absolute Gasteiger partial charge is 0.481 e. The normalized spacial score (nSPS) is 22.3. The number of carboxylic acids is 2. The molecule has 2 aromatic heterocycles.